The molecule has 3 rings (SSSR count). The van der Waals surface area contributed by atoms with Gasteiger partial charge in [0, 0.05) is 11.5 Å². The lowest BCUT2D eigenvalue weighted by Gasteiger charge is -2.19. The van der Waals surface area contributed by atoms with E-state index in [0.717, 1.165) is 11.6 Å². The number of aryl methyl sites for hydroxylation is 1. The molecule has 0 heterocycles. The van der Waals surface area contributed by atoms with Crippen LogP contribution in [0, 0.1) is 5.82 Å². The van der Waals surface area contributed by atoms with Crippen molar-refractivity contribution in [3.8, 4) is 0 Å². The molecule has 1 atom stereocenters. The molecule has 0 amide bonds. The van der Waals surface area contributed by atoms with Crippen LogP contribution in [0.15, 0.2) is 36.4 Å². The Hall–Kier alpha value is -1.88. The number of benzene rings is 2. The molecule has 2 aromatic carbocycles. The van der Waals surface area contributed by atoms with Gasteiger partial charge >= 0.3 is 6.18 Å². The maximum atomic E-state index is 13.7. The van der Waals surface area contributed by atoms with Gasteiger partial charge in [-0.1, -0.05) is 18.2 Å². The third-order valence-corrected chi connectivity index (χ3v) is 4.20. The lowest BCUT2D eigenvalue weighted by molar-refractivity contribution is -0.138. The second-order valence-corrected chi connectivity index (χ2v) is 5.48. The molecule has 1 unspecified atom stereocenters. The third kappa shape index (κ3) is 2.50. The second-order valence-electron chi connectivity index (χ2n) is 5.48. The smallest absolute Gasteiger partial charge is 0.392 e. The first-order valence-electron chi connectivity index (χ1n) is 7.00. The number of hydrogen-bond acceptors (Lipinski definition) is 1. The number of aliphatic hydroxyl groups excluding tert-OH is 1. The molecule has 1 aliphatic carbocycles. The van der Waals surface area contributed by atoms with Gasteiger partial charge in [0.25, 0.3) is 0 Å². The van der Waals surface area contributed by atoms with Gasteiger partial charge in [-0.2, -0.15) is 13.2 Å². The maximum Gasteiger partial charge on any atom is 0.416 e. The summed E-state index contributed by atoms with van der Waals surface area (Å²) >= 11 is 0. The zero-order valence-electron chi connectivity index (χ0n) is 11.6. The Morgan fingerprint density at radius 3 is 2.50 bits per heavy atom. The van der Waals surface area contributed by atoms with E-state index in [9.17, 15) is 22.7 Å². The molecular formula is C17H14F4O. The van der Waals surface area contributed by atoms with Gasteiger partial charge < -0.3 is 5.11 Å². The zero-order valence-corrected chi connectivity index (χ0v) is 11.6. The van der Waals surface area contributed by atoms with E-state index in [2.05, 4.69) is 0 Å². The minimum absolute atomic E-state index is 0.120. The molecule has 0 saturated carbocycles. The van der Waals surface area contributed by atoms with Crippen molar-refractivity contribution in [1.29, 1.82) is 0 Å². The molecule has 0 aromatic heterocycles. The predicted octanol–water partition coefficient (Wildman–Crippen LogP) is 4.41. The van der Waals surface area contributed by atoms with Gasteiger partial charge in [0.15, 0.2) is 0 Å². The van der Waals surface area contributed by atoms with Crippen molar-refractivity contribution < 1.29 is 22.7 Å². The highest BCUT2D eigenvalue weighted by Crippen LogP contribution is 2.44. The summed E-state index contributed by atoms with van der Waals surface area (Å²) in [6.45, 7) is -0.466. The standard InChI is InChI=1S/C17H14F4O/c18-16-8-10-5-6-12(14(10)7-11(16)9-22)13-3-1-2-4-15(13)17(19,20)21/h1-4,7-8,12,22H,5-6,9H2. The van der Waals surface area contributed by atoms with Crippen LogP contribution in [0.2, 0.25) is 0 Å². The molecule has 2 aromatic rings. The molecule has 0 fully saturated rings. The second kappa shape index (κ2) is 5.39. The molecule has 0 saturated heterocycles. The van der Waals surface area contributed by atoms with Gasteiger partial charge in [-0.3, -0.25) is 0 Å². The van der Waals surface area contributed by atoms with Gasteiger partial charge in [0.05, 0.1) is 12.2 Å². The molecule has 5 heteroatoms. The number of rotatable bonds is 2. The van der Waals surface area contributed by atoms with Crippen molar-refractivity contribution in [3.63, 3.8) is 0 Å². The molecule has 22 heavy (non-hydrogen) atoms. The van der Waals surface area contributed by atoms with Crippen molar-refractivity contribution in [1.82, 2.24) is 0 Å². The fourth-order valence-electron chi connectivity index (χ4n) is 3.18. The molecule has 1 nitrogen and oxygen atoms in total. The summed E-state index contributed by atoms with van der Waals surface area (Å²) in [6, 6.07) is 8.33. The highest BCUT2D eigenvalue weighted by molar-refractivity contribution is 5.47. The van der Waals surface area contributed by atoms with Crippen LogP contribution in [-0.2, 0) is 19.2 Å². The van der Waals surface area contributed by atoms with Gasteiger partial charge in [0.2, 0.25) is 0 Å². The molecule has 116 valence electrons. The minimum Gasteiger partial charge on any atom is -0.392 e. The van der Waals surface area contributed by atoms with Crippen LogP contribution >= 0.6 is 0 Å². The third-order valence-electron chi connectivity index (χ3n) is 4.20. The van der Waals surface area contributed by atoms with E-state index >= 15 is 0 Å². The fourth-order valence-corrected chi connectivity index (χ4v) is 3.18. The average Bonchev–Trinajstić information content (AvgIpc) is 2.88. The summed E-state index contributed by atoms with van der Waals surface area (Å²) < 4.78 is 53.3. The van der Waals surface area contributed by atoms with Crippen molar-refractivity contribution in [2.75, 3.05) is 0 Å². The number of aliphatic hydroxyl groups is 1. The van der Waals surface area contributed by atoms with Gasteiger partial charge in [-0.05, 0) is 47.7 Å². The summed E-state index contributed by atoms with van der Waals surface area (Å²) in [4.78, 5) is 0. The fraction of sp³-hybridized carbons (Fsp3) is 0.294. The Balaban J connectivity index is 2.11. The number of hydrogen-bond donors (Lipinski definition) is 1. The van der Waals surface area contributed by atoms with Crippen LogP contribution in [0.1, 0.15) is 40.2 Å². The Morgan fingerprint density at radius 2 is 1.82 bits per heavy atom. The maximum absolute atomic E-state index is 13.7. The topological polar surface area (TPSA) is 20.2 Å². The SMILES string of the molecule is OCc1cc2c(cc1F)CCC2c1ccccc1C(F)(F)F. The van der Waals surface area contributed by atoms with Crippen LogP contribution in [0.25, 0.3) is 0 Å². The monoisotopic (exact) mass is 310 g/mol. The normalized spacial score (nSPS) is 17.6. The average molecular weight is 310 g/mol. The summed E-state index contributed by atoms with van der Waals surface area (Å²) in [6.07, 6.45) is -3.37. The van der Waals surface area contributed by atoms with Crippen LogP contribution in [0.3, 0.4) is 0 Å². The van der Waals surface area contributed by atoms with Crippen LogP contribution in [0.4, 0.5) is 17.6 Å². The number of fused-ring (bicyclic) bond motifs is 1. The zero-order chi connectivity index (χ0) is 15.9. The molecule has 0 spiro atoms. The van der Waals surface area contributed by atoms with E-state index in [4.69, 9.17) is 0 Å². The summed E-state index contributed by atoms with van der Waals surface area (Å²) in [7, 11) is 0. The molecular weight excluding hydrogens is 296 g/mol. The molecule has 0 aliphatic heterocycles. The highest BCUT2D eigenvalue weighted by atomic mass is 19.4. The lowest BCUT2D eigenvalue weighted by atomic mass is 9.88. The first-order chi connectivity index (χ1) is 10.4. The predicted molar refractivity (Wildman–Crippen MR) is 73.9 cm³/mol. The molecule has 0 radical (unpaired) electrons. The van der Waals surface area contributed by atoms with E-state index in [1.807, 2.05) is 0 Å². The summed E-state index contributed by atoms with van der Waals surface area (Å²) in [5.41, 5.74) is 1.08. The van der Waals surface area contributed by atoms with Crippen LogP contribution in [-0.4, -0.2) is 5.11 Å². The number of halogens is 4. The highest BCUT2D eigenvalue weighted by Gasteiger charge is 2.37. The lowest BCUT2D eigenvalue weighted by Crippen LogP contribution is -2.11. The van der Waals surface area contributed by atoms with E-state index in [-0.39, 0.29) is 11.1 Å². The Kier molecular flexibility index (Phi) is 3.68. The van der Waals surface area contributed by atoms with E-state index < -0.39 is 30.1 Å². The molecule has 1 aliphatic rings. The first kappa shape index (κ1) is 15.0. The quantitative estimate of drug-likeness (QED) is 0.814. The summed E-state index contributed by atoms with van der Waals surface area (Å²) in [5.74, 6) is -0.926. The Labute approximate surface area is 125 Å². The van der Waals surface area contributed by atoms with Crippen molar-refractivity contribution >= 4 is 0 Å². The Morgan fingerprint density at radius 1 is 1.09 bits per heavy atom. The van der Waals surface area contributed by atoms with E-state index in [0.29, 0.717) is 18.4 Å². The van der Waals surface area contributed by atoms with Crippen molar-refractivity contribution in [2.24, 2.45) is 0 Å². The molecule has 0 bridgehead atoms. The van der Waals surface area contributed by atoms with E-state index in [1.165, 1.54) is 24.3 Å². The largest absolute Gasteiger partial charge is 0.416 e. The van der Waals surface area contributed by atoms with Crippen molar-refractivity contribution in [2.45, 2.75) is 31.5 Å². The minimum atomic E-state index is -4.42. The Bertz CT molecular complexity index is 706. The van der Waals surface area contributed by atoms with Gasteiger partial charge in [0.1, 0.15) is 5.82 Å². The van der Waals surface area contributed by atoms with E-state index in [1.54, 1.807) is 6.07 Å². The van der Waals surface area contributed by atoms with Crippen LogP contribution in [0.5, 0.6) is 0 Å². The van der Waals surface area contributed by atoms with Gasteiger partial charge in [-0.15, -0.1) is 0 Å². The van der Waals surface area contributed by atoms with Crippen LogP contribution < -0.4 is 0 Å². The first-order valence-corrected chi connectivity index (χ1v) is 7.00. The van der Waals surface area contributed by atoms with Gasteiger partial charge in [-0.25, -0.2) is 4.39 Å². The summed E-state index contributed by atoms with van der Waals surface area (Å²) in [5, 5.41) is 9.17. The molecule has 1 N–H and O–H groups in total. The number of alkyl halides is 3. The van der Waals surface area contributed by atoms with Crippen molar-refractivity contribution in [3.05, 3.63) is 70.0 Å².